The number of aliphatic hydroxyl groups excluding tert-OH is 1. The van der Waals surface area contributed by atoms with Crippen molar-refractivity contribution in [2.45, 2.75) is 38.7 Å². The van der Waals surface area contributed by atoms with Crippen molar-refractivity contribution in [2.75, 3.05) is 6.61 Å². The lowest BCUT2D eigenvalue weighted by Crippen LogP contribution is -2.19. The number of nitrogens with zero attached hydrogens (tertiary/aromatic N) is 6. The Labute approximate surface area is 190 Å². The Balaban J connectivity index is 1.49. The van der Waals surface area contributed by atoms with Gasteiger partial charge >= 0.3 is 6.18 Å². The number of benzene rings is 1. The van der Waals surface area contributed by atoms with Crippen LogP contribution in [0.2, 0.25) is 0 Å². The molecule has 0 fully saturated rings. The van der Waals surface area contributed by atoms with Crippen molar-refractivity contribution in [1.29, 1.82) is 0 Å². The molecule has 0 radical (unpaired) electrons. The summed E-state index contributed by atoms with van der Waals surface area (Å²) in [5.74, 6) is 0.734. The molecule has 12 heteroatoms. The maximum absolute atomic E-state index is 12.9. The van der Waals surface area contributed by atoms with Crippen LogP contribution in [-0.4, -0.2) is 53.5 Å². The monoisotopic (exact) mass is 476 g/mol. The fraction of sp³-hybridized carbons (Fsp3) is 0.333. The van der Waals surface area contributed by atoms with E-state index < -0.39 is 18.8 Å². The normalized spacial score (nSPS) is 14.3. The van der Waals surface area contributed by atoms with Crippen LogP contribution in [0.3, 0.4) is 0 Å². The second-order valence-electron chi connectivity index (χ2n) is 7.76. The van der Waals surface area contributed by atoms with Crippen molar-refractivity contribution in [3.8, 4) is 39.0 Å². The van der Waals surface area contributed by atoms with E-state index >= 15 is 0 Å². The molecule has 5 rings (SSSR count). The molecule has 1 aliphatic heterocycles. The topological polar surface area (TPSA) is 90.9 Å². The first-order valence-electron chi connectivity index (χ1n) is 10.2. The molecule has 0 amide bonds. The Hall–Kier alpha value is -3.25. The second kappa shape index (κ2) is 8.27. The van der Waals surface area contributed by atoms with E-state index in [1.165, 1.54) is 11.3 Å². The summed E-state index contributed by atoms with van der Waals surface area (Å²) in [6.07, 6.45) is 0.348. The summed E-state index contributed by atoms with van der Waals surface area (Å²) in [5, 5.41) is 17.9. The third-order valence-corrected chi connectivity index (χ3v) is 6.19. The molecule has 172 valence electrons. The Morgan fingerprint density at radius 2 is 2.09 bits per heavy atom. The lowest BCUT2D eigenvalue weighted by Gasteiger charge is -2.09. The van der Waals surface area contributed by atoms with Crippen LogP contribution in [0.5, 0.6) is 5.75 Å². The molecule has 4 heterocycles. The molecule has 0 aliphatic carbocycles. The van der Waals surface area contributed by atoms with Crippen molar-refractivity contribution in [2.24, 2.45) is 0 Å². The number of aliphatic hydroxyl groups is 1. The molecule has 0 spiro atoms. The lowest BCUT2D eigenvalue weighted by molar-refractivity contribution is -0.142. The number of hydrogen-bond donors (Lipinski definition) is 1. The number of halogens is 3. The number of alkyl halides is 3. The van der Waals surface area contributed by atoms with Gasteiger partial charge in [-0.2, -0.15) is 23.4 Å². The van der Waals surface area contributed by atoms with Gasteiger partial charge < -0.3 is 9.84 Å². The molecule has 0 unspecified atom stereocenters. The van der Waals surface area contributed by atoms with E-state index in [0.29, 0.717) is 36.0 Å². The van der Waals surface area contributed by atoms with Crippen LogP contribution >= 0.6 is 11.3 Å². The predicted molar refractivity (Wildman–Crippen MR) is 115 cm³/mol. The van der Waals surface area contributed by atoms with E-state index in [1.807, 2.05) is 24.4 Å². The highest BCUT2D eigenvalue weighted by molar-refractivity contribution is 7.15. The summed E-state index contributed by atoms with van der Waals surface area (Å²) < 4.78 is 47.1. The molecule has 0 bridgehead atoms. The van der Waals surface area contributed by atoms with Crippen LogP contribution in [0.4, 0.5) is 13.2 Å². The van der Waals surface area contributed by atoms with Crippen LogP contribution in [0, 0.1) is 0 Å². The van der Waals surface area contributed by atoms with E-state index in [-0.39, 0.29) is 5.82 Å². The van der Waals surface area contributed by atoms with Crippen molar-refractivity contribution < 1.29 is 23.0 Å². The first-order chi connectivity index (χ1) is 15.8. The molecular formula is C21H19F3N6O2S. The van der Waals surface area contributed by atoms with Gasteiger partial charge in [0, 0.05) is 28.6 Å². The first-order valence-corrected chi connectivity index (χ1v) is 11.0. The second-order valence-corrected chi connectivity index (χ2v) is 8.84. The molecule has 0 saturated carbocycles. The number of hydrogen-bond acceptors (Lipinski definition) is 7. The van der Waals surface area contributed by atoms with Gasteiger partial charge in [-0.05, 0) is 24.6 Å². The molecule has 4 aromatic rings. The Bertz CT molecular complexity index is 1290. The van der Waals surface area contributed by atoms with Gasteiger partial charge in [-0.3, -0.25) is 4.68 Å². The summed E-state index contributed by atoms with van der Waals surface area (Å²) in [4.78, 5) is 9.56. The number of thiazole rings is 1. The minimum atomic E-state index is -4.41. The lowest BCUT2D eigenvalue weighted by atomic mass is 10.0. The average Bonchev–Trinajstić information content (AvgIpc) is 3.45. The molecule has 1 N–H and O–H groups in total. The fourth-order valence-corrected chi connectivity index (χ4v) is 4.75. The van der Waals surface area contributed by atoms with Crippen molar-refractivity contribution in [3.63, 3.8) is 0 Å². The standard InChI is InChI=1S/C21H19F3N6O2S/c1-12(31)8-29-9-14(7-26-29)13-2-3-15-16(6-13)32-5-4-17-18(15)28-20(33-17)19-25-11-27-30(19)10-21(22,23)24/h2-3,6-7,9,11-12,31H,4-5,8,10H2,1H3/t12-/m0/s1. The van der Waals surface area contributed by atoms with Crippen LogP contribution in [0.25, 0.3) is 33.2 Å². The van der Waals surface area contributed by atoms with Gasteiger partial charge in [0.2, 0.25) is 0 Å². The van der Waals surface area contributed by atoms with Gasteiger partial charge in [0.05, 0.1) is 31.1 Å². The molecule has 33 heavy (non-hydrogen) atoms. The first kappa shape index (κ1) is 21.6. The smallest absolute Gasteiger partial charge is 0.408 e. The van der Waals surface area contributed by atoms with Gasteiger partial charge in [-0.1, -0.05) is 6.07 Å². The molecule has 0 saturated heterocycles. The van der Waals surface area contributed by atoms with E-state index in [9.17, 15) is 18.3 Å². The largest absolute Gasteiger partial charge is 0.492 e. The number of aromatic nitrogens is 6. The maximum atomic E-state index is 12.9. The van der Waals surface area contributed by atoms with Crippen LogP contribution in [0.15, 0.2) is 36.9 Å². The highest BCUT2D eigenvalue weighted by Crippen LogP contribution is 2.41. The highest BCUT2D eigenvalue weighted by Gasteiger charge is 2.31. The van der Waals surface area contributed by atoms with Crippen LogP contribution in [-0.2, 0) is 19.5 Å². The van der Waals surface area contributed by atoms with E-state index in [1.54, 1.807) is 17.8 Å². The van der Waals surface area contributed by atoms with Crippen molar-refractivity contribution in [1.82, 2.24) is 29.5 Å². The fourth-order valence-electron chi connectivity index (χ4n) is 3.70. The van der Waals surface area contributed by atoms with Crippen molar-refractivity contribution in [3.05, 3.63) is 41.8 Å². The number of ether oxygens (including phenoxy) is 1. The van der Waals surface area contributed by atoms with Crippen molar-refractivity contribution >= 4 is 11.3 Å². The Morgan fingerprint density at radius 3 is 2.88 bits per heavy atom. The summed E-state index contributed by atoms with van der Waals surface area (Å²) in [6, 6.07) is 5.72. The molecule has 1 aliphatic rings. The van der Waals surface area contributed by atoms with E-state index in [2.05, 4.69) is 20.2 Å². The zero-order valence-electron chi connectivity index (χ0n) is 17.5. The molecule has 8 nitrogen and oxygen atoms in total. The summed E-state index contributed by atoms with van der Waals surface area (Å²) in [6.45, 7) is 1.29. The highest BCUT2D eigenvalue weighted by atomic mass is 32.1. The van der Waals surface area contributed by atoms with Gasteiger partial charge in [0.25, 0.3) is 0 Å². The maximum Gasteiger partial charge on any atom is 0.408 e. The molecular weight excluding hydrogens is 457 g/mol. The minimum Gasteiger partial charge on any atom is -0.492 e. The van der Waals surface area contributed by atoms with E-state index in [0.717, 1.165) is 32.6 Å². The molecule has 1 atom stereocenters. The summed E-state index contributed by atoms with van der Waals surface area (Å²) >= 11 is 1.30. The van der Waals surface area contributed by atoms with Gasteiger partial charge in [-0.15, -0.1) is 11.3 Å². The summed E-state index contributed by atoms with van der Waals surface area (Å²) in [5.41, 5.74) is 3.23. The Morgan fingerprint density at radius 1 is 1.24 bits per heavy atom. The number of fused-ring (bicyclic) bond motifs is 3. The third-order valence-electron chi connectivity index (χ3n) is 5.07. The van der Waals surface area contributed by atoms with Crippen LogP contribution in [0.1, 0.15) is 11.8 Å². The molecule has 3 aromatic heterocycles. The minimum absolute atomic E-state index is 0.0926. The number of rotatable bonds is 5. The third kappa shape index (κ3) is 4.48. The van der Waals surface area contributed by atoms with Gasteiger partial charge in [0.1, 0.15) is 18.6 Å². The van der Waals surface area contributed by atoms with E-state index in [4.69, 9.17) is 4.74 Å². The SMILES string of the molecule is C[C@H](O)Cn1cc(-c2ccc3c(c2)OCCc2sc(-c4ncnn4CC(F)(F)F)nc2-3)cn1. The Kier molecular flexibility index (Phi) is 5.41. The van der Waals surface area contributed by atoms with Crippen LogP contribution < -0.4 is 4.74 Å². The van der Waals surface area contributed by atoms with Gasteiger partial charge in [-0.25, -0.2) is 14.6 Å². The quantitative estimate of drug-likeness (QED) is 0.471. The zero-order chi connectivity index (χ0) is 23.2. The molecule has 1 aromatic carbocycles. The van der Waals surface area contributed by atoms with Gasteiger partial charge in [0.15, 0.2) is 10.8 Å². The average molecular weight is 476 g/mol. The predicted octanol–water partition coefficient (Wildman–Crippen LogP) is 3.81. The summed E-state index contributed by atoms with van der Waals surface area (Å²) in [7, 11) is 0. The zero-order valence-corrected chi connectivity index (χ0v) is 18.3.